The molecule has 0 bridgehead atoms. The minimum Gasteiger partial charge on any atom is -0.493 e. The molecule has 1 aliphatic rings. The van der Waals surface area contributed by atoms with E-state index in [1.165, 1.54) is 0 Å². The van der Waals surface area contributed by atoms with Gasteiger partial charge in [0.2, 0.25) is 0 Å². The molecule has 0 aromatic heterocycles. The summed E-state index contributed by atoms with van der Waals surface area (Å²) in [5.41, 5.74) is 0.547. The number of hydrogen-bond donors (Lipinski definition) is 1. The minimum absolute atomic E-state index is 0.0182. The number of benzene rings is 1. The first-order chi connectivity index (χ1) is 12.9. The molecule has 0 radical (unpaired) electrons. The maximum Gasteiger partial charge on any atom is 0.303 e. The van der Waals surface area contributed by atoms with Gasteiger partial charge in [-0.1, -0.05) is 13.8 Å². The van der Waals surface area contributed by atoms with E-state index in [0.717, 1.165) is 25.7 Å². The first-order valence-electron chi connectivity index (χ1n) is 9.76. The summed E-state index contributed by atoms with van der Waals surface area (Å²) in [4.78, 5) is 25.7. The lowest BCUT2D eigenvalue weighted by molar-refractivity contribution is -0.137. The van der Waals surface area contributed by atoms with Crippen molar-refractivity contribution < 1.29 is 24.2 Å². The molecule has 1 aromatic carbocycles. The van der Waals surface area contributed by atoms with Crippen molar-refractivity contribution >= 4 is 11.9 Å². The van der Waals surface area contributed by atoms with Gasteiger partial charge in [0.05, 0.1) is 13.7 Å². The van der Waals surface area contributed by atoms with Crippen LogP contribution in [-0.2, 0) is 4.79 Å². The third kappa shape index (κ3) is 6.15. The molecule has 6 heteroatoms. The van der Waals surface area contributed by atoms with E-state index in [1.54, 1.807) is 25.3 Å². The number of carbonyl (C=O) groups is 2. The maximum absolute atomic E-state index is 13.0. The zero-order valence-electron chi connectivity index (χ0n) is 16.6. The SMILES string of the molecule is COc1cc(C(=O)N2CCCCC2CCC(=O)O)ccc1OCCC(C)C. The van der Waals surface area contributed by atoms with Crippen molar-refractivity contribution in [2.24, 2.45) is 5.92 Å². The van der Waals surface area contributed by atoms with Gasteiger partial charge in [-0.3, -0.25) is 9.59 Å². The lowest BCUT2D eigenvalue weighted by Gasteiger charge is -2.35. The number of likely N-dealkylation sites (tertiary alicyclic amines) is 1. The van der Waals surface area contributed by atoms with E-state index in [2.05, 4.69) is 13.8 Å². The zero-order valence-corrected chi connectivity index (χ0v) is 16.6. The van der Waals surface area contributed by atoms with Gasteiger partial charge in [0.15, 0.2) is 11.5 Å². The van der Waals surface area contributed by atoms with Crippen LogP contribution in [0.15, 0.2) is 18.2 Å². The summed E-state index contributed by atoms with van der Waals surface area (Å²) >= 11 is 0. The number of methoxy groups -OCH3 is 1. The molecule has 2 rings (SSSR count). The van der Waals surface area contributed by atoms with Crippen molar-refractivity contribution in [3.63, 3.8) is 0 Å². The number of amides is 1. The summed E-state index contributed by atoms with van der Waals surface area (Å²) in [6.07, 6.45) is 4.35. The van der Waals surface area contributed by atoms with Crippen LogP contribution in [0.4, 0.5) is 0 Å². The largest absolute Gasteiger partial charge is 0.493 e. The van der Waals surface area contributed by atoms with Gasteiger partial charge in [0, 0.05) is 24.6 Å². The van der Waals surface area contributed by atoms with E-state index in [9.17, 15) is 9.59 Å². The zero-order chi connectivity index (χ0) is 19.8. The highest BCUT2D eigenvalue weighted by Crippen LogP contribution is 2.30. The third-order valence-electron chi connectivity index (χ3n) is 4.94. The second-order valence-corrected chi connectivity index (χ2v) is 7.48. The molecule has 0 saturated carbocycles. The third-order valence-corrected chi connectivity index (χ3v) is 4.94. The molecule has 1 aliphatic heterocycles. The first-order valence-corrected chi connectivity index (χ1v) is 9.76. The molecule has 1 saturated heterocycles. The number of hydrogen-bond acceptors (Lipinski definition) is 4. The van der Waals surface area contributed by atoms with Gasteiger partial charge in [-0.25, -0.2) is 0 Å². The molecule has 0 aliphatic carbocycles. The molecular weight excluding hydrogens is 346 g/mol. The number of nitrogens with zero attached hydrogens (tertiary/aromatic N) is 1. The lowest BCUT2D eigenvalue weighted by atomic mass is 9.97. The Balaban J connectivity index is 2.10. The van der Waals surface area contributed by atoms with Crippen LogP contribution < -0.4 is 9.47 Å². The van der Waals surface area contributed by atoms with Gasteiger partial charge in [-0.15, -0.1) is 0 Å². The number of ether oxygens (including phenoxy) is 2. The van der Waals surface area contributed by atoms with Crippen molar-refractivity contribution in [1.82, 2.24) is 4.90 Å². The van der Waals surface area contributed by atoms with Crippen molar-refractivity contribution in [2.45, 2.75) is 58.4 Å². The normalized spacial score (nSPS) is 17.0. The van der Waals surface area contributed by atoms with Gasteiger partial charge in [0.1, 0.15) is 0 Å². The highest BCUT2D eigenvalue weighted by atomic mass is 16.5. The quantitative estimate of drug-likeness (QED) is 0.704. The Labute approximate surface area is 161 Å². The number of carboxylic acids is 1. The minimum atomic E-state index is -0.822. The fourth-order valence-electron chi connectivity index (χ4n) is 3.35. The van der Waals surface area contributed by atoms with Gasteiger partial charge >= 0.3 is 5.97 Å². The van der Waals surface area contributed by atoms with Crippen molar-refractivity contribution in [1.29, 1.82) is 0 Å². The van der Waals surface area contributed by atoms with Crippen LogP contribution in [0.1, 0.15) is 62.7 Å². The van der Waals surface area contributed by atoms with Crippen molar-refractivity contribution in [3.05, 3.63) is 23.8 Å². The Morgan fingerprint density at radius 3 is 2.70 bits per heavy atom. The van der Waals surface area contributed by atoms with Crippen molar-refractivity contribution in [2.75, 3.05) is 20.3 Å². The molecule has 150 valence electrons. The maximum atomic E-state index is 13.0. The van der Waals surface area contributed by atoms with Gasteiger partial charge in [0.25, 0.3) is 5.91 Å². The Morgan fingerprint density at radius 2 is 2.04 bits per heavy atom. The number of aliphatic carboxylic acids is 1. The highest BCUT2D eigenvalue weighted by molar-refractivity contribution is 5.95. The topological polar surface area (TPSA) is 76.1 Å². The van der Waals surface area contributed by atoms with Gasteiger partial charge < -0.3 is 19.5 Å². The summed E-state index contributed by atoms with van der Waals surface area (Å²) in [5.74, 6) is 0.841. The lowest BCUT2D eigenvalue weighted by Crippen LogP contribution is -2.44. The predicted octanol–water partition coefficient (Wildman–Crippen LogP) is 3.98. The predicted molar refractivity (Wildman–Crippen MR) is 103 cm³/mol. The first kappa shape index (κ1) is 21.1. The van der Waals surface area contributed by atoms with E-state index >= 15 is 0 Å². The van der Waals surface area contributed by atoms with E-state index in [1.807, 2.05) is 4.90 Å². The van der Waals surface area contributed by atoms with Crippen LogP contribution >= 0.6 is 0 Å². The smallest absolute Gasteiger partial charge is 0.303 e. The van der Waals surface area contributed by atoms with Gasteiger partial charge in [-0.2, -0.15) is 0 Å². The van der Waals surface area contributed by atoms with Gasteiger partial charge in [-0.05, 0) is 56.2 Å². The second kappa shape index (κ2) is 10.2. The Kier molecular flexibility index (Phi) is 7.95. The van der Waals surface area contributed by atoms with Crippen LogP contribution in [-0.4, -0.2) is 48.2 Å². The summed E-state index contributed by atoms with van der Waals surface area (Å²) in [6, 6.07) is 5.24. The van der Waals surface area contributed by atoms with E-state index in [4.69, 9.17) is 14.6 Å². The molecule has 1 atom stereocenters. The summed E-state index contributed by atoms with van der Waals surface area (Å²) in [7, 11) is 1.56. The molecule has 1 amide bonds. The monoisotopic (exact) mass is 377 g/mol. The Hall–Kier alpha value is -2.24. The standard InChI is InChI=1S/C21H31NO5/c1-15(2)11-13-27-18-9-7-16(14-19(18)26-3)21(25)22-12-5-4-6-17(22)8-10-20(23)24/h7,9,14-15,17H,4-6,8,10-13H2,1-3H3,(H,23,24). The molecule has 1 fully saturated rings. The summed E-state index contributed by atoms with van der Waals surface area (Å²) < 4.78 is 11.2. The Bertz CT molecular complexity index is 643. The van der Waals surface area contributed by atoms with Crippen LogP contribution in [0.2, 0.25) is 0 Å². The summed E-state index contributed by atoms with van der Waals surface area (Å²) in [5, 5.41) is 8.96. The molecule has 0 spiro atoms. The van der Waals surface area contributed by atoms with E-state index in [-0.39, 0.29) is 18.4 Å². The van der Waals surface area contributed by atoms with Crippen LogP contribution in [0.3, 0.4) is 0 Å². The Morgan fingerprint density at radius 1 is 1.26 bits per heavy atom. The molecule has 1 heterocycles. The highest BCUT2D eigenvalue weighted by Gasteiger charge is 2.28. The number of piperidine rings is 1. The fraction of sp³-hybridized carbons (Fsp3) is 0.619. The average Bonchev–Trinajstić information content (AvgIpc) is 2.66. The molecule has 6 nitrogen and oxygen atoms in total. The molecule has 1 unspecified atom stereocenters. The van der Waals surface area contributed by atoms with E-state index in [0.29, 0.717) is 42.6 Å². The van der Waals surface area contributed by atoms with E-state index < -0.39 is 5.97 Å². The van der Waals surface area contributed by atoms with Crippen LogP contribution in [0.25, 0.3) is 0 Å². The molecule has 27 heavy (non-hydrogen) atoms. The number of carboxylic acid groups (broad SMARTS) is 1. The number of rotatable bonds is 9. The van der Waals surface area contributed by atoms with Crippen LogP contribution in [0.5, 0.6) is 11.5 Å². The van der Waals surface area contributed by atoms with Crippen LogP contribution in [0, 0.1) is 5.92 Å². The second-order valence-electron chi connectivity index (χ2n) is 7.48. The molecule has 1 N–H and O–H groups in total. The molecular formula is C21H31NO5. The average molecular weight is 377 g/mol. The molecule has 1 aromatic rings. The van der Waals surface area contributed by atoms with Crippen molar-refractivity contribution in [3.8, 4) is 11.5 Å². The fourth-order valence-corrected chi connectivity index (χ4v) is 3.35. The summed E-state index contributed by atoms with van der Waals surface area (Å²) in [6.45, 7) is 5.55. The number of carbonyl (C=O) groups excluding carboxylic acids is 1.